The summed E-state index contributed by atoms with van der Waals surface area (Å²) in [7, 11) is 2.03. The van der Waals surface area contributed by atoms with Gasteiger partial charge >= 0.3 is 0 Å². The monoisotopic (exact) mass is 141 g/mol. The summed E-state index contributed by atoms with van der Waals surface area (Å²) in [6.45, 7) is 5.48. The second-order valence-corrected chi connectivity index (χ2v) is 3.07. The molecule has 0 spiro atoms. The molecule has 0 aromatic heterocycles. The third-order valence-corrected chi connectivity index (χ3v) is 2.06. The number of likely N-dealkylation sites (tertiary alicyclic amines) is 1. The lowest BCUT2D eigenvalue weighted by Crippen LogP contribution is -2.17. The van der Waals surface area contributed by atoms with Crippen LogP contribution in [0.4, 0.5) is 0 Å². The van der Waals surface area contributed by atoms with Crippen molar-refractivity contribution in [1.82, 2.24) is 4.90 Å². The summed E-state index contributed by atoms with van der Waals surface area (Å²) in [5, 5.41) is 9.40. The van der Waals surface area contributed by atoms with E-state index < -0.39 is 0 Å². The summed E-state index contributed by atoms with van der Waals surface area (Å²) >= 11 is 0. The maximum absolute atomic E-state index is 9.40. The number of allylic oxidation sites excluding steroid dienone is 1. The van der Waals surface area contributed by atoms with Gasteiger partial charge in [0.05, 0.1) is 6.10 Å². The van der Waals surface area contributed by atoms with Gasteiger partial charge in [-0.3, -0.25) is 0 Å². The van der Waals surface area contributed by atoms with Gasteiger partial charge in [-0.15, -0.1) is 6.58 Å². The number of β-amino-alcohol motifs (C(OH)–C–C–N with tert-alkyl or cyclic N) is 1. The van der Waals surface area contributed by atoms with Gasteiger partial charge in [0, 0.05) is 19.0 Å². The Kier molecular flexibility index (Phi) is 2.46. The van der Waals surface area contributed by atoms with E-state index in [9.17, 15) is 5.11 Å². The fourth-order valence-electron chi connectivity index (χ4n) is 1.51. The molecule has 2 nitrogen and oxygen atoms in total. The van der Waals surface area contributed by atoms with Crippen LogP contribution in [0.1, 0.15) is 6.42 Å². The van der Waals surface area contributed by atoms with Crippen LogP contribution in [0, 0.1) is 5.92 Å². The van der Waals surface area contributed by atoms with E-state index in [1.807, 2.05) is 13.1 Å². The number of nitrogens with zero attached hydrogens (tertiary/aromatic N) is 1. The Balaban J connectivity index is 2.38. The Morgan fingerprint density at radius 3 is 2.80 bits per heavy atom. The van der Waals surface area contributed by atoms with Gasteiger partial charge in [0.15, 0.2) is 0 Å². The fraction of sp³-hybridized carbons (Fsp3) is 0.750. The van der Waals surface area contributed by atoms with Gasteiger partial charge in [-0.05, 0) is 13.5 Å². The molecule has 10 heavy (non-hydrogen) atoms. The number of hydrogen-bond acceptors (Lipinski definition) is 2. The van der Waals surface area contributed by atoms with Crippen molar-refractivity contribution in [3.8, 4) is 0 Å². The standard InChI is InChI=1S/C8H15NO/c1-3-4-7-5-9(2)6-8(7)10/h3,7-8,10H,1,4-6H2,2H3/t7-,8+/m1/s1. The molecule has 0 amide bonds. The Morgan fingerprint density at radius 1 is 1.70 bits per heavy atom. The van der Waals surface area contributed by atoms with E-state index in [4.69, 9.17) is 0 Å². The van der Waals surface area contributed by atoms with E-state index in [2.05, 4.69) is 11.5 Å². The molecule has 0 unspecified atom stereocenters. The minimum absolute atomic E-state index is 0.136. The average molecular weight is 141 g/mol. The molecule has 1 N–H and O–H groups in total. The van der Waals surface area contributed by atoms with Gasteiger partial charge < -0.3 is 10.0 Å². The van der Waals surface area contributed by atoms with Crippen LogP contribution in [0.5, 0.6) is 0 Å². The minimum atomic E-state index is -0.136. The molecule has 1 heterocycles. The van der Waals surface area contributed by atoms with Crippen molar-refractivity contribution in [3.05, 3.63) is 12.7 Å². The van der Waals surface area contributed by atoms with Crippen molar-refractivity contribution < 1.29 is 5.11 Å². The first kappa shape index (κ1) is 7.76. The first-order valence-corrected chi connectivity index (χ1v) is 3.71. The molecule has 1 rings (SSSR count). The summed E-state index contributed by atoms with van der Waals surface area (Å²) in [6, 6.07) is 0. The topological polar surface area (TPSA) is 23.5 Å². The molecular formula is C8H15NO. The van der Waals surface area contributed by atoms with Gasteiger partial charge in [-0.25, -0.2) is 0 Å². The molecule has 0 aliphatic carbocycles. The quantitative estimate of drug-likeness (QED) is 0.566. The van der Waals surface area contributed by atoms with E-state index in [0.29, 0.717) is 5.92 Å². The smallest absolute Gasteiger partial charge is 0.0710 e. The van der Waals surface area contributed by atoms with Crippen LogP contribution in [0.15, 0.2) is 12.7 Å². The number of rotatable bonds is 2. The molecule has 0 aromatic rings. The lowest BCUT2D eigenvalue weighted by molar-refractivity contribution is 0.144. The van der Waals surface area contributed by atoms with E-state index in [0.717, 1.165) is 19.5 Å². The van der Waals surface area contributed by atoms with Crippen molar-refractivity contribution >= 4 is 0 Å². The molecule has 2 heteroatoms. The van der Waals surface area contributed by atoms with Crippen LogP contribution in [0.25, 0.3) is 0 Å². The number of aliphatic hydroxyl groups excluding tert-OH is 1. The Morgan fingerprint density at radius 2 is 2.40 bits per heavy atom. The van der Waals surface area contributed by atoms with Crippen LogP contribution < -0.4 is 0 Å². The molecule has 0 radical (unpaired) electrons. The SMILES string of the molecule is C=CC[C@@H]1CN(C)C[C@@H]1O. The van der Waals surface area contributed by atoms with E-state index in [1.54, 1.807) is 0 Å². The normalized spacial score (nSPS) is 34.6. The maximum Gasteiger partial charge on any atom is 0.0710 e. The highest BCUT2D eigenvalue weighted by Gasteiger charge is 2.27. The minimum Gasteiger partial charge on any atom is -0.391 e. The lowest BCUT2D eigenvalue weighted by atomic mass is 10.0. The van der Waals surface area contributed by atoms with Crippen LogP contribution in [-0.2, 0) is 0 Å². The first-order chi connectivity index (χ1) is 4.74. The summed E-state index contributed by atoms with van der Waals surface area (Å²) in [6.07, 6.45) is 2.68. The zero-order valence-corrected chi connectivity index (χ0v) is 6.45. The van der Waals surface area contributed by atoms with Crippen LogP contribution in [0.3, 0.4) is 0 Å². The van der Waals surface area contributed by atoms with Gasteiger partial charge in [-0.1, -0.05) is 6.08 Å². The highest BCUT2D eigenvalue weighted by molar-refractivity contribution is 4.86. The summed E-state index contributed by atoms with van der Waals surface area (Å²) in [5.41, 5.74) is 0. The summed E-state index contributed by atoms with van der Waals surface area (Å²) in [4.78, 5) is 2.15. The van der Waals surface area contributed by atoms with Gasteiger partial charge in [0.2, 0.25) is 0 Å². The molecule has 1 aliphatic rings. The predicted molar refractivity (Wildman–Crippen MR) is 41.8 cm³/mol. The number of aliphatic hydroxyl groups is 1. The molecule has 58 valence electrons. The lowest BCUT2D eigenvalue weighted by Gasteiger charge is -2.08. The predicted octanol–water partition coefficient (Wildman–Crippen LogP) is 0.485. The molecule has 0 bridgehead atoms. The largest absolute Gasteiger partial charge is 0.391 e. The van der Waals surface area contributed by atoms with Crippen LogP contribution >= 0.6 is 0 Å². The third-order valence-electron chi connectivity index (χ3n) is 2.06. The van der Waals surface area contributed by atoms with Crippen molar-refractivity contribution in [1.29, 1.82) is 0 Å². The zero-order chi connectivity index (χ0) is 7.56. The molecule has 1 fully saturated rings. The maximum atomic E-state index is 9.40. The van der Waals surface area contributed by atoms with E-state index in [1.165, 1.54) is 0 Å². The average Bonchev–Trinajstić information content (AvgIpc) is 2.13. The Bertz CT molecular complexity index is 124. The number of likely N-dealkylation sites (N-methyl/N-ethyl adjacent to an activating group) is 1. The van der Waals surface area contributed by atoms with Crippen LogP contribution in [0.2, 0.25) is 0 Å². The van der Waals surface area contributed by atoms with E-state index in [-0.39, 0.29) is 6.10 Å². The summed E-state index contributed by atoms with van der Waals surface area (Å²) < 4.78 is 0. The molecule has 0 aromatic carbocycles. The fourth-order valence-corrected chi connectivity index (χ4v) is 1.51. The second kappa shape index (κ2) is 3.17. The van der Waals surface area contributed by atoms with Crippen molar-refractivity contribution in [2.24, 2.45) is 5.92 Å². The molecule has 1 aliphatic heterocycles. The van der Waals surface area contributed by atoms with Crippen LogP contribution in [-0.4, -0.2) is 36.2 Å². The molecule has 1 saturated heterocycles. The van der Waals surface area contributed by atoms with E-state index >= 15 is 0 Å². The third kappa shape index (κ3) is 1.58. The highest BCUT2D eigenvalue weighted by Crippen LogP contribution is 2.18. The van der Waals surface area contributed by atoms with Gasteiger partial charge in [0.25, 0.3) is 0 Å². The number of hydrogen-bond donors (Lipinski definition) is 1. The second-order valence-electron chi connectivity index (χ2n) is 3.07. The highest BCUT2D eigenvalue weighted by atomic mass is 16.3. The van der Waals surface area contributed by atoms with Crippen molar-refractivity contribution in [3.63, 3.8) is 0 Å². The Hall–Kier alpha value is -0.340. The molecule has 2 atom stereocenters. The molecule has 0 saturated carbocycles. The van der Waals surface area contributed by atoms with Gasteiger partial charge in [-0.2, -0.15) is 0 Å². The zero-order valence-electron chi connectivity index (χ0n) is 6.45. The molecular weight excluding hydrogens is 126 g/mol. The first-order valence-electron chi connectivity index (χ1n) is 3.71. The van der Waals surface area contributed by atoms with Gasteiger partial charge in [0.1, 0.15) is 0 Å². The summed E-state index contributed by atoms with van der Waals surface area (Å²) in [5.74, 6) is 0.419. The Labute approximate surface area is 62.2 Å². The van der Waals surface area contributed by atoms with Crippen molar-refractivity contribution in [2.75, 3.05) is 20.1 Å². The van der Waals surface area contributed by atoms with Crippen molar-refractivity contribution in [2.45, 2.75) is 12.5 Å².